The molecule has 39 heavy (non-hydrogen) atoms. The number of benzene rings is 3. The molecule has 8 nitrogen and oxygen atoms in total. The summed E-state index contributed by atoms with van der Waals surface area (Å²) in [5.41, 5.74) is 11.1. The quantitative estimate of drug-likeness (QED) is 0.206. The Morgan fingerprint density at radius 1 is 0.718 bits per heavy atom. The van der Waals surface area contributed by atoms with Crippen LogP contribution in [0.5, 0.6) is 0 Å². The fourth-order valence-corrected chi connectivity index (χ4v) is 5.31. The van der Waals surface area contributed by atoms with Crippen LogP contribution in [0, 0.1) is 0 Å². The van der Waals surface area contributed by atoms with Gasteiger partial charge >= 0.3 is 0 Å². The Kier molecular flexibility index (Phi) is 6.75. The molecule has 0 amide bonds. The van der Waals surface area contributed by atoms with Crippen molar-refractivity contribution in [2.24, 2.45) is 0 Å². The van der Waals surface area contributed by atoms with Crippen LogP contribution in [0.25, 0.3) is 22.2 Å². The van der Waals surface area contributed by atoms with E-state index < -0.39 is 5.41 Å². The first kappa shape index (κ1) is 24.7. The van der Waals surface area contributed by atoms with Gasteiger partial charge < -0.3 is 14.6 Å². The lowest BCUT2D eigenvalue weighted by Crippen LogP contribution is -2.34. The van der Waals surface area contributed by atoms with Gasteiger partial charge in [0, 0.05) is 5.56 Å². The molecular formula is C31H30N6O2. The zero-order valence-electron chi connectivity index (χ0n) is 21.9. The minimum absolute atomic E-state index is 0.272. The zero-order chi connectivity index (χ0) is 26.7. The second-order valence-electron chi connectivity index (χ2n) is 9.82. The number of nitrogens with two attached hydrogens (primary N) is 1. The Labute approximate surface area is 226 Å². The van der Waals surface area contributed by atoms with E-state index in [1.807, 2.05) is 66.7 Å². The zero-order valence-corrected chi connectivity index (χ0v) is 21.9. The van der Waals surface area contributed by atoms with E-state index >= 15 is 0 Å². The van der Waals surface area contributed by atoms with Gasteiger partial charge in [-0.2, -0.15) is 0 Å². The highest BCUT2D eigenvalue weighted by Gasteiger charge is 2.49. The lowest BCUT2D eigenvalue weighted by molar-refractivity contribution is 0.331. The molecule has 6 aromatic rings. The molecule has 3 aromatic heterocycles. The summed E-state index contributed by atoms with van der Waals surface area (Å²) in [7, 11) is 0. The fourth-order valence-electron chi connectivity index (χ4n) is 5.31. The number of anilines is 1. The van der Waals surface area contributed by atoms with Crippen molar-refractivity contribution in [3.63, 3.8) is 0 Å². The first-order valence-corrected chi connectivity index (χ1v) is 13.4. The second kappa shape index (κ2) is 10.6. The van der Waals surface area contributed by atoms with Crippen LogP contribution in [-0.2, 0) is 18.3 Å². The SMILES string of the molecule is CCCCCC(c1nc2ccccc2o1)(c1nc2ccccc2o1)c1c(N)nnnc1CCc1ccccc1. The number of fused-ring (bicyclic) bond motifs is 2. The van der Waals surface area contributed by atoms with E-state index in [0.29, 0.717) is 41.4 Å². The molecule has 2 N–H and O–H groups in total. The minimum atomic E-state index is -1.05. The lowest BCUT2D eigenvalue weighted by Gasteiger charge is -2.30. The largest absolute Gasteiger partial charge is 0.439 e. The van der Waals surface area contributed by atoms with Gasteiger partial charge in [-0.15, -0.1) is 10.2 Å². The van der Waals surface area contributed by atoms with Crippen molar-refractivity contribution < 1.29 is 8.83 Å². The van der Waals surface area contributed by atoms with E-state index in [4.69, 9.17) is 24.5 Å². The predicted molar refractivity (Wildman–Crippen MR) is 150 cm³/mol. The number of rotatable bonds is 10. The third-order valence-corrected chi connectivity index (χ3v) is 7.26. The van der Waals surface area contributed by atoms with Crippen molar-refractivity contribution in [1.29, 1.82) is 0 Å². The highest BCUT2D eigenvalue weighted by atomic mass is 16.4. The summed E-state index contributed by atoms with van der Waals surface area (Å²) < 4.78 is 13.0. The number of nitrogens with zero attached hydrogens (tertiary/aromatic N) is 5. The van der Waals surface area contributed by atoms with Crippen LogP contribution >= 0.6 is 0 Å². The van der Waals surface area contributed by atoms with E-state index in [2.05, 4.69) is 34.5 Å². The summed E-state index contributed by atoms with van der Waals surface area (Å²) in [6.07, 6.45) is 4.89. The number of unbranched alkanes of at least 4 members (excludes halogenated alkanes) is 2. The van der Waals surface area contributed by atoms with E-state index in [1.165, 1.54) is 5.56 Å². The lowest BCUT2D eigenvalue weighted by atomic mass is 9.74. The molecule has 0 bridgehead atoms. The van der Waals surface area contributed by atoms with Crippen molar-refractivity contribution in [2.45, 2.75) is 50.9 Å². The van der Waals surface area contributed by atoms with Gasteiger partial charge in [-0.05, 0) is 54.3 Å². The Bertz CT molecular complexity index is 1570. The Balaban J connectivity index is 1.61. The average Bonchev–Trinajstić information content (AvgIpc) is 3.60. The molecule has 6 rings (SSSR count). The molecule has 0 atom stereocenters. The maximum Gasteiger partial charge on any atom is 0.215 e. The molecule has 0 aliphatic heterocycles. The number of aryl methyl sites for hydroxylation is 2. The van der Waals surface area contributed by atoms with Crippen LogP contribution in [0.1, 0.15) is 61.2 Å². The molecule has 3 aromatic carbocycles. The molecule has 3 heterocycles. The minimum Gasteiger partial charge on any atom is -0.439 e. The standard InChI is InChI=1S/C31H30N6O2/c1-2-3-11-20-31(29-33-22-14-7-9-16-25(22)38-29,30-34-23-15-8-10-17-26(23)39-30)27-24(35-37-36-28(27)32)19-18-21-12-5-4-6-13-21/h4-10,12-17H,2-3,11,18-20H2,1H3,(H2,32,35,36). The van der Waals surface area contributed by atoms with Gasteiger partial charge in [0.05, 0.1) is 5.69 Å². The molecule has 0 unspecified atom stereocenters. The predicted octanol–water partition coefficient (Wildman–Crippen LogP) is 6.44. The molecule has 8 heteroatoms. The maximum atomic E-state index is 6.69. The molecule has 0 spiro atoms. The van der Waals surface area contributed by atoms with Crippen molar-refractivity contribution in [1.82, 2.24) is 25.4 Å². The van der Waals surface area contributed by atoms with Gasteiger partial charge in [0.1, 0.15) is 11.0 Å². The average molecular weight is 519 g/mol. The van der Waals surface area contributed by atoms with Gasteiger partial charge in [0.15, 0.2) is 22.4 Å². The Morgan fingerprint density at radius 2 is 1.33 bits per heavy atom. The molecule has 0 aliphatic rings. The second-order valence-corrected chi connectivity index (χ2v) is 9.82. The maximum absolute atomic E-state index is 6.69. The Hall–Kier alpha value is -4.59. The molecule has 0 saturated heterocycles. The smallest absolute Gasteiger partial charge is 0.215 e. The highest BCUT2D eigenvalue weighted by molar-refractivity contribution is 5.75. The number of hydrogen-bond donors (Lipinski definition) is 1. The van der Waals surface area contributed by atoms with Gasteiger partial charge in [-0.1, -0.05) is 80.8 Å². The third kappa shape index (κ3) is 4.63. The highest BCUT2D eigenvalue weighted by Crippen LogP contribution is 2.47. The topological polar surface area (TPSA) is 117 Å². The van der Waals surface area contributed by atoms with Crippen LogP contribution < -0.4 is 5.73 Å². The first-order valence-electron chi connectivity index (χ1n) is 13.4. The van der Waals surface area contributed by atoms with Crippen LogP contribution in [0.4, 0.5) is 5.82 Å². The number of oxazole rings is 2. The van der Waals surface area contributed by atoms with Crippen molar-refractivity contribution in [3.8, 4) is 0 Å². The number of nitrogen functional groups attached to an aromatic ring is 1. The molecule has 0 fully saturated rings. The summed E-state index contributed by atoms with van der Waals surface area (Å²) in [5, 5.41) is 12.8. The summed E-state index contributed by atoms with van der Waals surface area (Å²) in [4.78, 5) is 9.98. The summed E-state index contributed by atoms with van der Waals surface area (Å²) >= 11 is 0. The van der Waals surface area contributed by atoms with Crippen LogP contribution in [0.15, 0.2) is 87.7 Å². The molecular weight excluding hydrogens is 488 g/mol. The van der Waals surface area contributed by atoms with E-state index in [0.717, 1.165) is 42.4 Å². The Morgan fingerprint density at radius 3 is 1.95 bits per heavy atom. The molecule has 0 radical (unpaired) electrons. The van der Waals surface area contributed by atoms with E-state index in [-0.39, 0.29) is 5.82 Å². The van der Waals surface area contributed by atoms with Gasteiger partial charge in [-0.25, -0.2) is 9.97 Å². The molecule has 196 valence electrons. The fraction of sp³-hybridized carbons (Fsp3) is 0.258. The summed E-state index contributed by atoms with van der Waals surface area (Å²) in [5.74, 6) is 1.21. The normalized spacial score (nSPS) is 11.9. The number of aromatic nitrogens is 5. The van der Waals surface area contributed by atoms with E-state index in [1.54, 1.807) is 0 Å². The number of hydrogen-bond acceptors (Lipinski definition) is 8. The van der Waals surface area contributed by atoms with Crippen molar-refractivity contribution >= 4 is 28.0 Å². The van der Waals surface area contributed by atoms with Crippen LogP contribution in [0.2, 0.25) is 0 Å². The third-order valence-electron chi connectivity index (χ3n) is 7.26. The first-order chi connectivity index (χ1) is 19.2. The molecule has 0 aliphatic carbocycles. The van der Waals surface area contributed by atoms with Gasteiger partial charge in [-0.3, -0.25) is 0 Å². The monoisotopic (exact) mass is 518 g/mol. The summed E-state index contributed by atoms with van der Waals surface area (Å²) in [6, 6.07) is 25.8. The summed E-state index contributed by atoms with van der Waals surface area (Å²) in [6.45, 7) is 2.18. The number of para-hydroxylation sites is 4. The van der Waals surface area contributed by atoms with Crippen molar-refractivity contribution in [2.75, 3.05) is 5.73 Å². The van der Waals surface area contributed by atoms with Gasteiger partial charge in [0.25, 0.3) is 0 Å². The van der Waals surface area contributed by atoms with Crippen LogP contribution in [0.3, 0.4) is 0 Å². The van der Waals surface area contributed by atoms with Crippen molar-refractivity contribution in [3.05, 3.63) is 107 Å². The van der Waals surface area contributed by atoms with Gasteiger partial charge in [0.2, 0.25) is 11.8 Å². The van der Waals surface area contributed by atoms with Crippen LogP contribution in [-0.4, -0.2) is 25.4 Å². The van der Waals surface area contributed by atoms with E-state index in [9.17, 15) is 0 Å². The molecule has 0 saturated carbocycles.